The zero-order valence-electron chi connectivity index (χ0n) is 15.7. The van der Waals surface area contributed by atoms with Crippen molar-refractivity contribution in [3.05, 3.63) is 88.7 Å². The van der Waals surface area contributed by atoms with Gasteiger partial charge in [-0.2, -0.15) is 0 Å². The molecule has 0 saturated carbocycles. The summed E-state index contributed by atoms with van der Waals surface area (Å²) >= 11 is 7.61. The number of rotatable bonds is 5. The Morgan fingerprint density at radius 3 is 2.40 bits per heavy atom. The Hall–Kier alpha value is -3.29. The van der Waals surface area contributed by atoms with Crippen molar-refractivity contribution in [2.75, 3.05) is 5.32 Å². The Labute approximate surface area is 181 Å². The van der Waals surface area contributed by atoms with Crippen LogP contribution in [0.15, 0.2) is 66.7 Å². The molecule has 0 fully saturated rings. The fourth-order valence-electron chi connectivity index (χ4n) is 2.63. The van der Waals surface area contributed by atoms with Gasteiger partial charge in [0.05, 0.1) is 5.02 Å². The van der Waals surface area contributed by atoms with Crippen LogP contribution >= 0.6 is 22.9 Å². The van der Waals surface area contributed by atoms with Gasteiger partial charge < -0.3 is 4.74 Å². The molecular weight excluding hydrogens is 425 g/mol. The van der Waals surface area contributed by atoms with Crippen LogP contribution in [0.3, 0.4) is 0 Å². The summed E-state index contributed by atoms with van der Waals surface area (Å²) in [6.45, 7) is 1.96. The van der Waals surface area contributed by atoms with Gasteiger partial charge in [-0.3, -0.25) is 10.1 Å². The second kappa shape index (κ2) is 8.61. The Balaban J connectivity index is 1.48. The van der Waals surface area contributed by atoms with Crippen LogP contribution in [0.5, 0.6) is 11.5 Å². The summed E-state index contributed by atoms with van der Waals surface area (Å²) < 4.78 is 18.7. The van der Waals surface area contributed by atoms with Crippen molar-refractivity contribution in [3.8, 4) is 22.1 Å². The van der Waals surface area contributed by atoms with Crippen LogP contribution in [-0.4, -0.2) is 16.1 Å². The Bertz CT molecular complexity index is 1190. The fraction of sp³-hybridized carbons (Fsp3) is 0.0455. The topological polar surface area (TPSA) is 64.1 Å². The molecule has 1 heterocycles. The van der Waals surface area contributed by atoms with Crippen molar-refractivity contribution in [2.45, 2.75) is 6.92 Å². The normalized spacial score (nSPS) is 10.6. The van der Waals surface area contributed by atoms with Gasteiger partial charge in [-0.15, -0.1) is 10.2 Å². The van der Waals surface area contributed by atoms with E-state index in [2.05, 4.69) is 15.5 Å². The van der Waals surface area contributed by atoms with E-state index in [9.17, 15) is 9.18 Å². The molecule has 0 bridgehead atoms. The number of hydrogen-bond acceptors (Lipinski definition) is 5. The first-order valence-corrected chi connectivity index (χ1v) is 10.1. The number of amides is 1. The first-order chi connectivity index (χ1) is 14.5. The Morgan fingerprint density at radius 2 is 1.70 bits per heavy atom. The van der Waals surface area contributed by atoms with Crippen molar-refractivity contribution in [2.24, 2.45) is 0 Å². The third kappa shape index (κ3) is 4.64. The van der Waals surface area contributed by atoms with Gasteiger partial charge in [-0.25, -0.2) is 4.39 Å². The van der Waals surface area contributed by atoms with E-state index in [0.717, 1.165) is 5.56 Å². The van der Waals surface area contributed by atoms with Crippen LogP contribution in [0, 0.1) is 12.7 Å². The predicted molar refractivity (Wildman–Crippen MR) is 116 cm³/mol. The maximum Gasteiger partial charge on any atom is 0.257 e. The van der Waals surface area contributed by atoms with Crippen molar-refractivity contribution >= 4 is 34.0 Å². The number of carbonyl (C=O) groups is 1. The summed E-state index contributed by atoms with van der Waals surface area (Å²) in [6, 6.07) is 18.1. The van der Waals surface area contributed by atoms with E-state index in [-0.39, 0.29) is 11.7 Å². The molecule has 3 aromatic carbocycles. The quantitative estimate of drug-likeness (QED) is 0.393. The smallest absolute Gasteiger partial charge is 0.257 e. The summed E-state index contributed by atoms with van der Waals surface area (Å²) in [5.74, 6) is 0.411. The number of benzene rings is 3. The molecule has 4 aromatic rings. The zero-order chi connectivity index (χ0) is 21.1. The van der Waals surface area contributed by atoms with Crippen LogP contribution in [-0.2, 0) is 0 Å². The van der Waals surface area contributed by atoms with Crippen LogP contribution in [0.1, 0.15) is 15.9 Å². The summed E-state index contributed by atoms with van der Waals surface area (Å²) in [5.41, 5.74) is 2.28. The molecule has 0 saturated heterocycles. The summed E-state index contributed by atoms with van der Waals surface area (Å²) in [4.78, 5) is 12.3. The monoisotopic (exact) mass is 439 g/mol. The molecule has 0 aliphatic rings. The molecule has 0 aliphatic heterocycles. The predicted octanol–water partition coefficient (Wildman–Crippen LogP) is 6.35. The molecule has 1 aromatic heterocycles. The third-order valence-corrected chi connectivity index (χ3v) is 5.36. The first-order valence-electron chi connectivity index (χ1n) is 8.93. The first kappa shape index (κ1) is 20.0. The van der Waals surface area contributed by atoms with Crippen LogP contribution in [0.25, 0.3) is 10.6 Å². The number of anilines is 1. The average molecular weight is 440 g/mol. The van der Waals surface area contributed by atoms with Crippen molar-refractivity contribution in [1.82, 2.24) is 10.2 Å². The van der Waals surface area contributed by atoms with Crippen molar-refractivity contribution in [3.63, 3.8) is 0 Å². The third-order valence-electron chi connectivity index (χ3n) is 4.18. The number of hydrogen-bond donors (Lipinski definition) is 1. The molecule has 8 heteroatoms. The molecule has 1 amide bonds. The van der Waals surface area contributed by atoms with E-state index in [1.165, 1.54) is 35.6 Å². The number of halogens is 2. The lowest BCUT2D eigenvalue weighted by Gasteiger charge is -2.07. The number of nitrogens with one attached hydrogen (secondary N) is 1. The Morgan fingerprint density at radius 1 is 1.00 bits per heavy atom. The molecule has 0 atom stereocenters. The minimum Gasteiger partial charge on any atom is -0.457 e. The van der Waals surface area contributed by atoms with Gasteiger partial charge in [0.25, 0.3) is 5.91 Å². The standard InChI is InChI=1S/C22H15ClFN3O2S/c1-13-2-4-14(5-3-13)20(28)25-22-27-26-21(30-22)18-11-10-17(12-19(18)23)29-16-8-6-15(24)7-9-16/h2-12H,1H3,(H,25,27,28). The van der Waals surface area contributed by atoms with Gasteiger partial charge in [0.2, 0.25) is 5.13 Å². The highest BCUT2D eigenvalue weighted by Gasteiger charge is 2.14. The van der Waals surface area contributed by atoms with Gasteiger partial charge in [0.1, 0.15) is 17.3 Å². The van der Waals surface area contributed by atoms with E-state index < -0.39 is 0 Å². The maximum atomic E-state index is 13.0. The zero-order valence-corrected chi connectivity index (χ0v) is 17.3. The van der Waals surface area contributed by atoms with Crippen LogP contribution in [0.4, 0.5) is 9.52 Å². The van der Waals surface area contributed by atoms with Crippen LogP contribution < -0.4 is 10.1 Å². The molecule has 0 unspecified atom stereocenters. The van der Waals surface area contributed by atoms with Gasteiger partial charge in [-0.1, -0.05) is 40.6 Å². The van der Waals surface area contributed by atoms with Crippen LogP contribution in [0.2, 0.25) is 5.02 Å². The summed E-state index contributed by atoms with van der Waals surface area (Å²) in [7, 11) is 0. The summed E-state index contributed by atoms with van der Waals surface area (Å²) in [6.07, 6.45) is 0. The van der Waals surface area contributed by atoms with E-state index in [0.29, 0.717) is 37.8 Å². The lowest BCUT2D eigenvalue weighted by atomic mass is 10.1. The molecule has 30 heavy (non-hydrogen) atoms. The molecule has 0 radical (unpaired) electrons. The molecule has 1 N–H and O–H groups in total. The SMILES string of the molecule is Cc1ccc(C(=O)Nc2nnc(-c3ccc(Oc4ccc(F)cc4)cc3Cl)s2)cc1. The second-order valence-electron chi connectivity index (χ2n) is 6.43. The molecule has 150 valence electrons. The van der Waals surface area contributed by atoms with Gasteiger partial charge in [0.15, 0.2) is 5.01 Å². The lowest BCUT2D eigenvalue weighted by Crippen LogP contribution is -2.11. The van der Waals surface area contributed by atoms with E-state index >= 15 is 0 Å². The number of ether oxygens (including phenoxy) is 1. The molecule has 5 nitrogen and oxygen atoms in total. The number of nitrogens with zero attached hydrogens (tertiary/aromatic N) is 2. The minimum absolute atomic E-state index is 0.258. The van der Waals surface area contributed by atoms with Gasteiger partial charge in [-0.05, 0) is 55.5 Å². The van der Waals surface area contributed by atoms with E-state index in [1.54, 1.807) is 30.3 Å². The number of aryl methyl sites for hydroxylation is 1. The largest absolute Gasteiger partial charge is 0.457 e. The van der Waals surface area contributed by atoms with Gasteiger partial charge >= 0.3 is 0 Å². The highest BCUT2D eigenvalue weighted by Crippen LogP contribution is 2.35. The number of carbonyl (C=O) groups excluding carboxylic acids is 1. The van der Waals surface area contributed by atoms with Crippen molar-refractivity contribution in [1.29, 1.82) is 0 Å². The number of aromatic nitrogens is 2. The molecule has 0 spiro atoms. The summed E-state index contributed by atoms with van der Waals surface area (Å²) in [5, 5.41) is 12.2. The minimum atomic E-state index is -0.336. The Kier molecular flexibility index (Phi) is 5.74. The van der Waals surface area contributed by atoms with E-state index in [4.69, 9.17) is 16.3 Å². The van der Waals surface area contributed by atoms with Crippen molar-refractivity contribution < 1.29 is 13.9 Å². The highest BCUT2D eigenvalue weighted by molar-refractivity contribution is 7.18. The van der Waals surface area contributed by atoms with Gasteiger partial charge in [0, 0.05) is 17.2 Å². The highest BCUT2D eigenvalue weighted by atomic mass is 35.5. The molecular formula is C22H15ClFN3O2S. The molecule has 0 aliphatic carbocycles. The lowest BCUT2D eigenvalue weighted by molar-refractivity contribution is 0.102. The maximum absolute atomic E-state index is 13.0. The second-order valence-corrected chi connectivity index (χ2v) is 7.81. The van der Waals surface area contributed by atoms with E-state index in [1.807, 2.05) is 19.1 Å². The average Bonchev–Trinajstić information content (AvgIpc) is 3.18. The fourth-order valence-corrected chi connectivity index (χ4v) is 3.72. The molecule has 4 rings (SSSR count).